The lowest BCUT2D eigenvalue weighted by Crippen LogP contribution is -2.19. The van der Waals surface area contributed by atoms with Crippen molar-refractivity contribution in [3.63, 3.8) is 0 Å². The summed E-state index contributed by atoms with van der Waals surface area (Å²) in [7, 11) is -2.80. The third-order valence-electron chi connectivity index (χ3n) is 2.10. The number of sulfone groups is 1. The minimum absolute atomic E-state index is 0.0950. The molecular formula is C9H20O2S. The number of rotatable bonds is 6. The molecule has 2 nitrogen and oxygen atoms in total. The maximum atomic E-state index is 11.2. The summed E-state index contributed by atoms with van der Waals surface area (Å²) in [6, 6.07) is 0. The number of hydrogen-bond donors (Lipinski definition) is 0. The van der Waals surface area contributed by atoms with Gasteiger partial charge >= 0.3 is 0 Å². The van der Waals surface area contributed by atoms with Crippen LogP contribution in [-0.2, 0) is 9.84 Å². The molecule has 0 fully saturated rings. The molecule has 0 aliphatic heterocycles. The largest absolute Gasteiger partial charge is 0.229 e. The Labute approximate surface area is 76.3 Å². The number of hydrogen-bond acceptors (Lipinski definition) is 2. The van der Waals surface area contributed by atoms with E-state index in [2.05, 4.69) is 6.92 Å². The minimum Gasteiger partial charge on any atom is -0.229 e. The summed E-state index contributed by atoms with van der Waals surface area (Å²) < 4.78 is 22.5. The molecule has 0 aromatic rings. The van der Waals surface area contributed by atoms with E-state index in [-0.39, 0.29) is 5.25 Å². The van der Waals surface area contributed by atoms with Crippen LogP contribution in [0.5, 0.6) is 0 Å². The molecule has 0 rings (SSSR count). The molecule has 0 aromatic carbocycles. The van der Waals surface area contributed by atoms with Crippen LogP contribution in [-0.4, -0.2) is 19.9 Å². The summed E-state index contributed by atoms with van der Waals surface area (Å²) in [5.41, 5.74) is 0. The SMILES string of the molecule is CCCCC(CCC)S(C)(=O)=O. The fourth-order valence-corrected chi connectivity index (χ4v) is 2.58. The Hall–Kier alpha value is -0.0500. The molecule has 12 heavy (non-hydrogen) atoms. The molecule has 74 valence electrons. The van der Waals surface area contributed by atoms with Gasteiger partial charge in [0.05, 0.1) is 5.25 Å². The Bertz CT molecular complexity index is 195. The van der Waals surface area contributed by atoms with Crippen LogP contribution >= 0.6 is 0 Å². The molecule has 0 N–H and O–H groups in total. The van der Waals surface area contributed by atoms with Crippen molar-refractivity contribution in [1.29, 1.82) is 0 Å². The lowest BCUT2D eigenvalue weighted by molar-refractivity contribution is 0.553. The van der Waals surface area contributed by atoms with Gasteiger partial charge in [-0.2, -0.15) is 0 Å². The minimum atomic E-state index is -2.80. The van der Waals surface area contributed by atoms with Crippen molar-refractivity contribution in [1.82, 2.24) is 0 Å². The molecule has 0 aromatic heterocycles. The third kappa shape index (κ3) is 4.75. The van der Waals surface area contributed by atoms with E-state index in [9.17, 15) is 8.42 Å². The molecule has 0 amide bonds. The third-order valence-corrected chi connectivity index (χ3v) is 3.78. The fraction of sp³-hybridized carbons (Fsp3) is 1.00. The molecule has 1 unspecified atom stereocenters. The van der Waals surface area contributed by atoms with Gasteiger partial charge in [0.15, 0.2) is 0 Å². The van der Waals surface area contributed by atoms with E-state index >= 15 is 0 Å². The highest BCUT2D eigenvalue weighted by Gasteiger charge is 2.18. The van der Waals surface area contributed by atoms with Crippen LogP contribution in [0, 0.1) is 0 Å². The van der Waals surface area contributed by atoms with Crippen LogP contribution in [0.15, 0.2) is 0 Å². The van der Waals surface area contributed by atoms with Gasteiger partial charge in [0.1, 0.15) is 9.84 Å². The Kier molecular flexibility index (Phi) is 5.55. The Balaban J connectivity index is 4.05. The van der Waals surface area contributed by atoms with Crippen molar-refractivity contribution in [2.45, 2.75) is 51.2 Å². The first-order valence-electron chi connectivity index (χ1n) is 4.71. The Morgan fingerprint density at radius 2 is 1.67 bits per heavy atom. The molecule has 0 spiro atoms. The van der Waals surface area contributed by atoms with Gasteiger partial charge in [0, 0.05) is 6.26 Å². The maximum Gasteiger partial charge on any atom is 0.150 e. The van der Waals surface area contributed by atoms with E-state index in [0.717, 1.165) is 32.1 Å². The first-order chi connectivity index (χ1) is 5.52. The monoisotopic (exact) mass is 192 g/mol. The van der Waals surface area contributed by atoms with E-state index in [1.807, 2.05) is 6.92 Å². The molecule has 0 bridgehead atoms. The van der Waals surface area contributed by atoms with Crippen molar-refractivity contribution >= 4 is 9.84 Å². The second-order valence-corrected chi connectivity index (χ2v) is 5.71. The first kappa shape index (κ1) is 11.9. The lowest BCUT2D eigenvalue weighted by atomic mass is 10.1. The average molecular weight is 192 g/mol. The summed E-state index contributed by atoms with van der Waals surface area (Å²) in [6.07, 6.45) is 6.07. The van der Waals surface area contributed by atoms with E-state index < -0.39 is 9.84 Å². The molecule has 0 heterocycles. The number of unbranched alkanes of at least 4 members (excludes halogenated alkanes) is 1. The standard InChI is InChI=1S/C9H20O2S/c1-4-6-8-9(7-5-2)12(3,10)11/h9H,4-8H2,1-3H3. The maximum absolute atomic E-state index is 11.2. The van der Waals surface area contributed by atoms with Gasteiger partial charge in [-0.1, -0.05) is 33.1 Å². The van der Waals surface area contributed by atoms with Gasteiger partial charge in [-0.05, 0) is 12.8 Å². The van der Waals surface area contributed by atoms with Crippen molar-refractivity contribution in [3.8, 4) is 0 Å². The van der Waals surface area contributed by atoms with Crippen molar-refractivity contribution in [3.05, 3.63) is 0 Å². The average Bonchev–Trinajstić information content (AvgIpc) is 1.95. The Morgan fingerprint density at radius 3 is 2.00 bits per heavy atom. The predicted molar refractivity (Wildman–Crippen MR) is 53.1 cm³/mol. The van der Waals surface area contributed by atoms with Crippen LogP contribution in [0.4, 0.5) is 0 Å². The Morgan fingerprint density at radius 1 is 1.08 bits per heavy atom. The van der Waals surface area contributed by atoms with E-state index in [4.69, 9.17) is 0 Å². The summed E-state index contributed by atoms with van der Waals surface area (Å²) in [6.45, 7) is 4.12. The van der Waals surface area contributed by atoms with Crippen LogP contribution in [0.2, 0.25) is 0 Å². The molecule has 0 saturated heterocycles. The lowest BCUT2D eigenvalue weighted by Gasteiger charge is -2.12. The summed E-state index contributed by atoms with van der Waals surface area (Å²) in [5, 5.41) is -0.0950. The zero-order chi connectivity index (χ0) is 9.61. The van der Waals surface area contributed by atoms with Crippen LogP contribution < -0.4 is 0 Å². The molecule has 0 saturated carbocycles. The normalized spacial score (nSPS) is 14.6. The summed E-state index contributed by atoms with van der Waals surface area (Å²) in [4.78, 5) is 0. The van der Waals surface area contributed by atoms with Crippen molar-refractivity contribution < 1.29 is 8.42 Å². The zero-order valence-corrected chi connectivity index (χ0v) is 9.15. The predicted octanol–water partition coefficient (Wildman–Crippen LogP) is 2.39. The topological polar surface area (TPSA) is 34.1 Å². The molecule has 0 aliphatic carbocycles. The highest BCUT2D eigenvalue weighted by Crippen LogP contribution is 2.14. The summed E-state index contributed by atoms with van der Waals surface area (Å²) in [5.74, 6) is 0. The van der Waals surface area contributed by atoms with Gasteiger partial charge in [-0.15, -0.1) is 0 Å². The van der Waals surface area contributed by atoms with E-state index in [1.165, 1.54) is 6.26 Å². The van der Waals surface area contributed by atoms with E-state index in [0.29, 0.717) is 0 Å². The molecule has 0 radical (unpaired) electrons. The molecule has 1 atom stereocenters. The summed E-state index contributed by atoms with van der Waals surface area (Å²) >= 11 is 0. The van der Waals surface area contributed by atoms with Gasteiger partial charge in [0.2, 0.25) is 0 Å². The van der Waals surface area contributed by atoms with Crippen LogP contribution in [0.25, 0.3) is 0 Å². The highest BCUT2D eigenvalue weighted by molar-refractivity contribution is 7.91. The van der Waals surface area contributed by atoms with Crippen molar-refractivity contribution in [2.75, 3.05) is 6.26 Å². The molecule has 3 heteroatoms. The van der Waals surface area contributed by atoms with Gasteiger partial charge in [-0.3, -0.25) is 0 Å². The second-order valence-electron chi connectivity index (χ2n) is 3.38. The molecule has 0 aliphatic rings. The van der Waals surface area contributed by atoms with Gasteiger partial charge in [-0.25, -0.2) is 8.42 Å². The fourth-order valence-electron chi connectivity index (χ4n) is 1.33. The van der Waals surface area contributed by atoms with Gasteiger partial charge < -0.3 is 0 Å². The molecular weight excluding hydrogens is 172 g/mol. The van der Waals surface area contributed by atoms with Gasteiger partial charge in [0.25, 0.3) is 0 Å². The first-order valence-corrected chi connectivity index (χ1v) is 6.66. The van der Waals surface area contributed by atoms with Crippen LogP contribution in [0.3, 0.4) is 0 Å². The van der Waals surface area contributed by atoms with Crippen LogP contribution in [0.1, 0.15) is 46.0 Å². The second kappa shape index (κ2) is 5.57. The van der Waals surface area contributed by atoms with Crippen molar-refractivity contribution in [2.24, 2.45) is 0 Å². The highest BCUT2D eigenvalue weighted by atomic mass is 32.2. The smallest absolute Gasteiger partial charge is 0.150 e. The zero-order valence-electron chi connectivity index (χ0n) is 8.34. The quantitative estimate of drug-likeness (QED) is 0.647. The van der Waals surface area contributed by atoms with E-state index in [1.54, 1.807) is 0 Å².